The topological polar surface area (TPSA) is 143 Å². The summed E-state index contributed by atoms with van der Waals surface area (Å²) in [5.74, 6) is 0.877. The summed E-state index contributed by atoms with van der Waals surface area (Å²) in [7, 11) is 5.76. The number of benzene rings is 1. The number of hydrogen-bond donors (Lipinski definition) is 2. The van der Waals surface area contributed by atoms with Crippen molar-refractivity contribution in [3.8, 4) is 12.1 Å². The van der Waals surface area contributed by atoms with E-state index in [1.54, 1.807) is 13.3 Å². The van der Waals surface area contributed by atoms with Crippen LogP contribution in [0.2, 0.25) is 0 Å². The Morgan fingerprint density at radius 2 is 2.02 bits per heavy atom. The summed E-state index contributed by atoms with van der Waals surface area (Å²) >= 11 is 0. The number of piperidine rings is 1. The molecule has 0 saturated carbocycles. The van der Waals surface area contributed by atoms with Gasteiger partial charge in [0.25, 0.3) is 0 Å². The number of halogens is 1. The van der Waals surface area contributed by atoms with Crippen LogP contribution in [0.1, 0.15) is 72.2 Å². The van der Waals surface area contributed by atoms with Crippen LogP contribution in [0.4, 0.5) is 21.7 Å². The zero-order chi connectivity index (χ0) is 32.6. The molecule has 1 aliphatic carbocycles. The molecule has 3 aromatic rings. The minimum atomic E-state index is -0.643. The number of nitrogens with two attached hydrogens (primary N) is 2. The number of aromatic nitrogens is 3. The third-order valence-corrected chi connectivity index (χ3v) is 10.3. The lowest BCUT2D eigenvalue weighted by atomic mass is 9.68. The van der Waals surface area contributed by atoms with Gasteiger partial charge in [0.2, 0.25) is 0 Å². The van der Waals surface area contributed by atoms with E-state index in [1.165, 1.54) is 6.07 Å². The number of anilines is 3. The molecule has 11 nitrogen and oxygen atoms in total. The first-order valence-corrected chi connectivity index (χ1v) is 16.1. The highest BCUT2D eigenvalue weighted by molar-refractivity contribution is 5.64. The van der Waals surface area contributed by atoms with Gasteiger partial charge in [0.05, 0.1) is 35.1 Å². The second-order valence-corrected chi connectivity index (χ2v) is 12.9. The number of pyridine rings is 1. The Kier molecular flexibility index (Phi) is 9.01. The summed E-state index contributed by atoms with van der Waals surface area (Å²) in [4.78, 5) is 21.1. The molecule has 12 heteroatoms. The summed E-state index contributed by atoms with van der Waals surface area (Å²) < 4.78 is 27.2. The van der Waals surface area contributed by atoms with Crippen molar-refractivity contribution in [3.05, 3.63) is 63.7 Å². The highest BCUT2D eigenvalue weighted by Crippen LogP contribution is 2.50. The molecule has 1 spiro atoms. The quantitative estimate of drug-likeness (QED) is 0.350. The van der Waals surface area contributed by atoms with Crippen molar-refractivity contribution < 1.29 is 13.9 Å². The Balaban J connectivity index is 1.41. The first kappa shape index (κ1) is 31.9. The molecule has 0 amide bonds. The van der Waals surface area contributed by atoms with Crippen LogP contribution in [-0.2, 0) is 29.7 Å². The minimum absolute atomic E-state index is 0.0175. The average molecular weight is 630 g/mol. The standard InChI is InChI=1S/C34H44FN9O2/c1-21(23-8-6-12-39-31(23)38)43(3)32-26-20-42(2)34(11-5-7-24-27(35)17-28(37)25(19-36)30(24)34)18-29(26)40-33(41-32)46-22-9-13-44(14-10-22)15-16-45-4/h6,8,12,17,21-22H,5,7,9-11,13-16,18,20,37H2,1-4H3,(H2,38,39)/t21-,34-/m1/s1. The SMILES string of the molecule is COCCN1CCC(Oc2nc3c(c(N(C)[C@H](C)c4cccnc4N)n2)CN(C)[C@]2(CCCc4c(F)cc(N)c(C#N)c42)C3)CC1. The number of likely N-dealkylation sites (N-methyl/N-ethyl adjacent to an activating group) is 1. The molecule has 3 aliphatic rings. The number of nitriles is 1. The molecule has 4 N–H and O–H groups in total. The first-order chi connectivity index (χ1) is 22.2. The van der Waals surface area contributed by atoms with E-state index in [4.69, 9.17) is 30.9 Å². The van der Waals surface area contributed by atoms with Crippen molar-refractivity contribution in [1.82, 2.24) is 24.8 Å². The normalized spacial score (nSPS) is 21.0. The predicted octanol–water partition coefficient (Wildman–Crippen LogP) is 3.95. The Morgan fingerprint density at radius 3 is 2.74 bits per heavy atom. The molecule has 0 radical (unpaired) electrons. The highest BCUT2D eigenvalue weighted by Gasteiger charge is 2.48. The van der Waals surface area contributed by atoms with E-state index in [2.05, 4.69) is 32.7 Å². The van der Waals surface area contributed by atoms with E-state index >= 15 is 4.39 Å². The van der Waals surface area contributed by atoms with Crippen LogP contribution >= 0.6 is 0 Å². The lowest BCUT2D eigenvalue weighted by Gasteiger charge is -2.50. The van der Waals surface area contributed by atoms with Crippen LogP contribution in [-0.4, -0.2) is 78.3 Å². The lowest BCUT2D eigenvalue weighted by molar-refractivity contribution is 0.0662. The molecule has 46 heavy (non-hydrogen) atoms. The Hall–Kier alpha value is -4.05. The van der Waals surface area contributed by atoms with E-state index in [0.29, 0.717) is 54.5 Å². The van der Waals surface area contributed by atoms with Crippen LogP contribution < -0.4 is 21.1 Å². The highest BCUT2D eigenvalue weighted by atomic mass is 19.1. The Labute approximate surface area is 270 Å². The third kappa shape index (κ3) is 5.72. The van der Waals surface area contributed by atoms with Gasteiger partial charge in [0.15, 0.2) is 0 Å². The van der Waals surface area contributed by atoms with E-state index in [-0.39, 0.29) is 23.7 Å². The fourth-order valence-corrected chi connectivity index (χ4v) is 7.57. The van der Waals surface area contributed by atoms with Gasteiger partial charge in [-0.05, 0) is 69.3 Å². The fourth-order valence-electron chi connectivity index (χ4n) is 7.57. The fraction of sp³-hybridized carbons (Fsp3) is 0.529. The van der Waals surface area contributed by atoms with Crippen LogP contribution in [0.3, 0.4) is 0 Å². The molecule has 1 saturated heterocycles. The van der Waals surface area contributed by atoms with Gasteiger partial charge in [-0.3, -0.25) is 4.90 Å². The Bertz CT molecular complexity index is 1640. The smallest absolute Gasteiger partial charge is 0.318 e. The summed E-state index contributed by atoms with van der Waals surface area (Å²) in [6, 6.07) is 7.65. The van der Waals surface area contributed by atoms with Gasteiger partial charge >= 0.3 is 6.01 Å². The van der Waals surface area contributed by atoms with Crippen LogP contribution in [0, 0.1) is 17.1 Å². The molecule has 2 atom stereocenters. The maximum absolute atomic E-state index is 15.4. The second kappa shape index (κ2) is 13.0. The molecule has 1 aromatic carbocycles. The predicted molar refractivity (Wildman–Crippen MR) is 175 cm³/mol. The van der Waals surface area contributed by atoms with Gasteiger partial charge in [-0.25, -0.2) is 9.37 Å². The van der Waals surface area contributed by atoms with Gasteiger partial charge in [-0.2, -0.15) is 15.2 Å². The van der Waals surface area contributed by atoms with Gasteiger partial charge in [0, 0.05) is 64.1 Å². The number of nitrogen functional groups attached to an aromatic ring is 2. The Morgan fingerprint density at radius 1 is 1.24 bits per heavy atom. The number of methoxy groups -OCH3 is 1. The van der Waals surface area contributed by atoms with Crippen molar-refractivity contribution in [2.45, 2.75) is 69.7 Å². The summed E-state index contributed by atoms with van der Waals surface area (Å²) in [6.07, 6.45) is 5.98. The number of ether oxygens (including phenoxy) is 2. The molecular weight excluding hydrogens is 585 g/mol. The average Bonchev–Trinajstić information content (AvgIpc) is 3.05. The number of rotatable bonds is 8. The van der Waals surface area contributed by atoms with Crippen molar-refractivity contribution in [2.75, 3.05) is 63.8 Å². The maximum Gasteiger partial charge on any atom is 0.318 e. The van der Waals surface area contributed by atoms with Crippen molar-refractivity contribution >= 4 is 17.3 Å². The molecule has 0 unspecified atom stereocenters. The number of nitrogens with zero attached hydrogens (tertiary/aromatic N) is 7. The summed E-state index contributed by atoms with van der Waals surface area (Å²) in [5.41, 5.74) is 16.4. The molecule has 6 rings (SSSR count). The van der Waals surface area contributed by atoms with E-state index in [0.717, 1.165) is 68.0 Å². The van der Waals surface area contributed by atoms with E-state index < -0.39 is 5.54 Å². The lowest BCUT2D eigenvalue weighted by Crippen LogP contribution is -2.51. The zero-order valence-corrected chi connectivity index (χ0v) is 27.2. The molecule has 2 aliphatic heterocycles. The van der Waals surface area contributed by atoms with Crippen molar-refractivity contribution in [3.63, 3.8) is 0 Å². The van der Waals surface area contributed by atoms with Crippen molar-refractivity contribution in [2.24, 2.45) is 0 Å². The molecule has 4 heterocycles. The maximum atomic E-state index is 15.4. The third-order valence-electron chi connectivity index (χ3n) is 10.3. The molecule has 0 bridgehead atoms. The zero-order valence-electron chi connectivity index (χ0n) is 27.2. The van der Waals surface area contributed by atoms with Gasteiger partial charge in [-0.1, -0.05) is 6.07 Å². The van der Waals surface area contributed by atoms with Crippen molar-refractivity contribution in [1.29, 1.82) is 5.26 Å². The summed E-state index contributed by atoms with van der Waals surface area (Å²) in [5, 5.41) is 10.2. The minimum Gasteiger partial charge on any atom is -0.460 e. The number of fused-ring (bicyclic) bond motifs is 3. The van der Waals surface area contributed by atoms with E-state index in [9.17, 15) is 5.26 Å². The van der Waals surface area contributed by atoms with Crippen LogP contribution in [0.25, 0.3) is 0 Å². The number of likely N-dealkylation sites (tertiary alicyclic amines) is 1. The van der Waals surface area contributed by atoms with Crippen LogP contribution in [0.15, 0.2) is 24.4 Å². The monoisotopic (exact) mass is 629 g/mol. The molecule has 1 fully saturated rings. The largest absolute Gasteiger partial charge is 0.460 e. The van der Waals surface area contributed by atoms with Gasteiger partial charge in [0.1, 0.15) is 29.6 Å². The van der Waals surface area contributed by atoms with E-state index in [1.807, 2.05) is 26.2 Å². The second-order valence-electron chi connectivity index (χ2n) is 12.9. The first-order valence-electron chi connectivity index (χ1n) is 16.1. The summed E-state index contributed by atoms with van der Waals surface area (Å²) in [6.45, 7) is 6.01. The molecule has 244 valence electrons. The molecular formula is C34H44FN9O2. The molecule has 2 aromatic heterocycles. The van der Waals surface area contributed by atoms with Gasteiger partial charge in [-0.15, -0.1) is 0 Å². The number of hydrogen-bond acceptors (Lipinski definition) is 11. The van der Waals surface area contributed by atoms with Gasteiger partial charge < -0.3 is 30.7 Å². The van der Waals surface area contributed by atoms with Crippen LogP contribution in [0.5, 0.6) is 6.01 Å².